The van der Waals surface area contributed by atoms with Crippen molar-refractivity contribution in [2.75, 3.05) is 13.1 Å². The first kappa shape index (κ1) is 20.4. The normalized spacial score (nSPS) is 12.8. The fourth-order valence-corrected chi connectivity index (χ4v) is 3.76. The van der Waals surface area contributed by atoms with Crippen molar-refractivity contribution in [3.8, 4) is 0 Å². The molecule has 3 N–H and O–H groups in total. The van der Waals surface area contributed by atoms with Gasteiger partial charge in [0.2, 0.25) is 0 Å². The number of aliphatic hydroxyl groups is 1. The van der Waals surface area contributed by atoms with Crippen LogP contribution < -0.4 is 10.6 Å². The van der Waals surface area contributed by atoms with E-state index in [4.69, 9.17) is 11.6 Å². The summed E-state index contributed by atoms with van der Waals surface area (Å²) in [6, 6.07) is 13.9. The summed E-state index contributed by atoms with van der Waals surface area (Å²) in [5.41, 5.74) is 1.22. The molecule has 0 spiro atoms. The molecule has 2 aromatic heterocycles. The van der Waals surface area contributed by atoms with Gasteiger partial charge in [-0.05, 0) is 24.6 Å². The quantitative estimate of drug-likeness (QED) is 0.387. The number of thiophene rings is 1. The molecule has 0 aliphatic rings. The predicted molar refractivity (Wildman–Crippen MR) is 115 cm³/mol. The molecule has 8 heteroatoms. The Balaban J connectivity index is 1.61. The second kappa shape index (κ2) is 10.3. The number of hydrogen-bond acceptors (Lipinski definition) is 4. The van der Waals surface area contributed by atoms with Gasteiger partial charge in [-0.2, -0.15) is 0 Å². The summed E-state index contributed by atoms with van der Waals surface area (Å²) in [6.45, 7) is 4.28. The van der Waals surface area contributed by atoms with Gasteiger partial charge in [-0.15, -0.1) is 11.3 Å². The lowest BCUT2D eigenvalue weighted by Crippen LogP contribution is -2.39. The van der Waals surface area contributed by atoms with Crippen molar-refractivity contribution in [3.05, 3.63) is 75.5 Å². The SMILES string of the molecule is CCNC(=NCc1nccn1Cc1ccccc1)NCC(O)c1ccc(Cl)s1. The van der Waals surface area contributed by atoms with E-state index in [0.29, 0.717) is 23.4 Å². The molecule has 3 aromatic rings. The Morgan fingerprint density at radius 2 is 2.07 bits per heavy atom. The monoisotopic (exact) mass is 417 g/mol. The first-order valence-electron chi connectivity index (χ1n) is 9.15. The van der Waals surface area contributed by atoms with E-state index in [-0.39, 0.29) is 0 Å². The minimum atomic E-state index is -0.638. The third-order valence-corrected chi connectivity index (χ3v) is 5.44. The van der Waals surface area contributed by atoms with Crippen LogP contribution in [-0.4, -0.2) is 33.7 Å². The molecule has 0 fully saturated rings. The molecule has 0 amide bonds. The molecule has 0 saturated heterocycles. The van der Waals surface area contributed by atoms with Gasteiger partial charge in [0.15, 0.2) is 5.96 Å². The number of aliphatic hydroxyl groups excluding tert-OH is 1. The van der Waals surface area contributed by atoms with Gasteiger partial charge in [0, 0.05) is 36.9 Å². The number of imidazole rings is 1. The number of aliphatic imine (C=N–C) groups is 1. The van der Waals surface area contributed by atoms with Crippen LogP contribution in [0.15, 0.2) is 59.9 Å². The van der Waals surface area contributed by atoms with E-state index < -0.39 is 6.10 Å². The summed E-state index contributed by atoms with van der Waals surface area (Å²) in [5, 5.41) is 16.7. The Morgan fingerprint density at radius 1 is 1.25 bits per heavy atom. The van der Waals surface area contributed by atoms with Crippen molar-refractivity contribution >= 4 is 28.9 Å². The van der Waals surface area contributed by atoms with Gasteiger partial charge in [0.05, 0.1) is 4.34 Å². The van der Waals surface area contributed by atoms with Crippen LogP contribution in [0.2, 0.25) is 4.34 Å². The highest BCUT2D eigenvalue weighted by molar-refractivity contribution is 7.16. The highest BCUT2D eigenvalue weighted by Crippen LogP contribution is 2.26. The maximum atomic E-state index is 10.3. The number of rotatable bonds is 8. The summed E-state index contributed by atoms with van der Waals surface area (Å²) in [6.07, 6.45) is 3.11. The minimum absolute atomic E-state index is 0.348. The largest absolute Gasteiger partial charge is 0.386 e. The molecule has 1 unspecified atom stereocenters. The Morgan fingerprint density at radius 3 is 2.79 bits per heavy atom. The molecule has 1 atom stereocenters. The van der Waals surface area contributed by atoms with Crippen LogP contribution in [0.3, 0.4) is 0 Å². The summed E-state index contributed by atoms with van der Waals surface area (Å²) in [5.74, 6) is 1.52. The smallest absolute Gasteiger partial charge is 0.191 e. The zero-order chi connectivity index (χ0) is 19.8. The summed E-state index contributed by atoms with van der Waals surface area (Å²) < 4.78 is 2.75. The lowest BCUT2D eigenvalue weighted by atomic mass is 10.2. The van der Waals surface area contributed by atoms with Gasteiger partial charge in [-0.3, -0.25) is 0 Å². The van der Waals surface area contributed by atoms with E-state index in [1.807, 2.05) is 37.4 Å². The number of nitrogens with one attached hydrogen (secondary N) is 2. The molecule has 6 nitrogen and oxygen atoms in total. The molecule has 0 bridgehead atoms. The minimum Gasteiger partial charge on any atom is -0.386 e. The second-order valence-electron chi connectivity index (χ2n) is 6.19. The second-order valence-corrected chi connectivity index (χ2v) is 7.94. The fourth-order valence-electron chi connectivity index (χ4n) is 2.71. The van der Waals surface area contributed by atoms with Crippen molar-refractivity contribution < 1.29 is 5.11 Å². The van der Waals surface area contributed by atoms with Crippen molar-refractivity contribution in [2.24, 2.45) is 4.99 Å². The average Bonchev–Trinajstić information content (AvgIpc) is 3.33. The van der Waals surface area contributed by atoms with Crippen molar-refractivity contribution in [1.29, 1.82) is 0 Å². The molecule has 0 radical (unpaired) electrons. The maximum Gasteiger partial charge on any atom is 0.191 e. The zero-order valence-electron chi connectivity index (χ0n) is 15.7. The summed E-state index contributed by atoms with van der Waals surface area (Å²) in [7, 11) is 0. The number of halogens is 1. The summed E-state index contributed by atoms with van der Waals surface area (Å²) >= 11 is 7.32. The number of guanidine groups is 1. The molecule has 28 heavy (non-hydrogen) atoms. The molecule has 148 valence electrons. The topological polar surface area (TPSA) is 74.5 Å². The highest BCUT2D eigenvalue weighted by Gasteiger charge is 2.11. The molecule has 2 heterocycles. The van der Waals surface area contributed by atoms with Gasteiger partial charge in [-0.1, -0.05) is 41.9 Å². The predicted octanol–water partition coefficient (Wildman–Crippen LogP) is 3.44. The van der Waals surface area contributed by atoms with E-state index in [2.05, 4.69) is 37.3 Å². The van der Waals surface area contributed by atoms with Crippen molar-refractivity contribution in [1.82, 2.24) is 20.2 Å². The Kier molecular flexibility index (Phi) is 7.47. The molecule has 1 aromatic carbocycles. The third kappa shape index (κ3) is 5.82. The lowest BCUT2D eigenvalue weighted by molar-refractivity contribution is 0.184. The third-order valence-electron chi connectivity index (χ3n) is 4.11. The summed E-state index contributed by atoms with van der Waals surface area (Å²) in [4.78, 5) is 9.86. The van der Waals surface area contributed by atoms with Gasteiger partial charge >= 0.3 is 0 Å². The molecule has 0 saturated carbocycles. The van der Waals surface area contributed by atoms with E-state index in [9.17, 15) is 5.11 Å². The average molecular weight is 418 g/mol. The molecule has 0 aliphatic carbocycles. The van der Waals surface area contributed by atoms with E-state index >= 15 is 0 Å². The van der Waals surface area contributed by atoms with Crippen molar-refractivity contribution in [2.45, 2.75) is 26.1 Å². The Bertz CT molecular complexity index is 893. The van der Waals surface area contributed by atoms with Gasteiger partial charge in [0.25, 0.3) is 0 Å². The maximum absolute atomic E-state index is 10.3. The molecule has 0 aliphatic heterocycles. The number of aromatic nitrogens is 2. The van der Waals surface area contributed by atoms with Crippen LogP contribution in [0, 0.1) is 0 Å². The number of benzene rings is 1. The lowest BCUT2D eigenvalue weighted by Gasteiger charge is -2.14. The van der Waals surface area contributed by atoms with Crippen LogP contribution in [0.1, 0.15) is 29.3 Å². The van der Waals surface area contributed by atoms with Crippen LogP contribution in [0.25, 0.3) is 0 Å². The van der Waals surface area contributed by atoms with Gasteiger partial charge in [-0.25, -0.2) is 9.98 Å². The van der Waals surface area contributed by atoms with E-state index in [1.54, 1.807) is 12.3 Å². The first-order valence-corrected chi connectivity index (χ1v) is 10.3. The first-order chi connectivity index (χ1) is 13.7. The Labute approximate surface area is 173 Å². The van der Waals surface area contributed by atoms with Crippen LogP contribution >= 0.6 is 22.9 Å². The van der Waals surface area contributed by atoms with Crippen LogP contribution in [-0.2, 0) is 13.1 Å². The molecular weight excluding hydrogens is 394 g/mol. The standard InChI is InChI=1S/C20H24ClN5OS/c1-2-22-20(24-12-16(27)17-8-9-18(21)28-17)25-13-19-23-10-11-26(19)14-15-6-4-3-5-7-15/h3-11,16,27H,2,12-14H2,1H3,(H2,22,24,25). The molecular formula is C20H24ClN5OS. The highest BCUT2D eigenvalue weighted by atomic mass is 35.5. The Hall–Kier alpha value is -2.35. The zero-order valence-corrected chi connectivity index (χ0v) is 17.2. The van der Waals surface area contributed by atoms with Crippen molar-refractivity contribution in [3.63, 3.8) is 0 Å². The van der Waals surface area contributed by atoms with Gasteiger partial charge < -0.3 is 20.3 Å². The number of nitrogens with zero attached hydrogens (tertiary/aromatic N) is 3. The van der Waals surface area contributed by atoms with E-state index in [0.717, 1.165) is 23.8 Å². The fraction of sp³-hybridized carbons (Fsp3) is 0.300. The van der Waals surface area contributed by atoms with Gasteiger partial charge in [0.1, 0.15) is 18.5 Å². The van der Waals surface area contributed by atoms with Crippen LogP contribution in [0.4, 0.5) is 0 Å². The molecule has 3 rings (SSSR count). The number of hydrogen-bond donors (Lipinski definition) is 3. The van der Waals surface area contributed by atoms with E-state index in [1.165, 1.54) is 16.9 Å². The van der Waals surface area contributed by atoms with Crippen LogP contribution in [0.5, 0.6) is 0 Å².